The van der Waals surface area contributed by atoms with Crippen LogP contribution in [0.25, 0.3) is 0 Å². The summed E-state index contributed by atoms with van der Waals surface area (Å²) in [5.41, 5.74) is -3.15. The van der Waals surface area contributed by atoms with Crippen LogP contribution in [0.15, 0.2) is 0 Å². The van der Waals surface area contributed by atoms with Crippen LogP contribution < -0.4 is 0 Å². The van der Waals surface area contributed by atoms with E-state index in [1.54, 1.807) is 6.92 Å². The number of carboxylic acids is 3. The number of aliphatic carboxylic acids is 3. The molecule has 0 aromatic heterocycles. The topological polar surface area (TPSA) is 149 Å². The van der Waals surface area contributed by atoms with Gasteiger partial charge in [0.2, 0.25) is 0 Å². The molecule has 0 saturated heterocycles. The molecule has 108 valence electrons. The average molecular weight is 276 g/mol. The molecule has 4 N–H and O–H groups in total. The summed E-state index contributed by atoms with van der Waals surface area (Å²) in [4.78, 5) is 44.2. The van der Waals surface area contributed by atoms with Gasteiger partial charge in [0.15, 0.2) is 17.3 Å². The van der Waals surface area contributed by atoms with Gasteiger partial charge >= 0.3 is 17.9 Å². The van der Waals surface area contributed by atoms with Crippen LogP contribution >= 0.6 is 0 Å². The highest BCUT2D eigenvalue weighted by molar-refractivity contribution is 6.05. The van der Waals surface area contributed by atoms with Crippen molar-refractivity contribution < 1.29 is 39.6 Å². The molecular weight excluding hydrogens is 260 g/mol. The Hall–Kier alpha value is -1.96. The van der Waals surface area contributed by atoms with Crippen LogP contribution in [0.5, 0.6) is 0 Å². The fourth-order valence-electron chi connectivity index (χ4n) is 1.64. The maximum atomic E-state index is 11.7. The summed E-state index contributed by atoms with van der Waals surface area (Å²) in [6.07, 6.45) is -0.701. The fourth-order valence-corrected chi connectivity index (χ4v) is 1.64. The van der Waals surface area contributed by atoms with Gasteiger partial charge in [0.1, 0.15) is 0 Å². The van der Waals surface area contributed by atoms with Gasteiger partial charge in [-0.2, -0.15) is 0 Å². The van der Waals surface area contributed by atoms with Gasteiger partial charge in [-0.1, -0.05) is 13.3 Å². The van der Waals surface area contributed by atoms with E-state index in [9.17, 15) is 24.3 Å². The van der Waals surface area contributed by atoms with Gasteiger partial charge in [-0.3, -0.25) is 14.4 Å². The van der Waals surface area contributed by atoms with Crippen molar-refractivity contribution >= 4 is 23.7 Å². The van der Waals surface area contributed by atoms with Gasteiger partial charge in [-0.15, -0.1) is 0 Å². The number of carbonyl (C=O) groups is 4. The Bertz CT molecular complexity index is 388. The Balaban J connectivity index is 5.41. The minimum absolute atomic E-state index is 0.233. The third kappa shape index (κ3) is 4.32. The quantitative estimate of drug-likeness (QED) is 0.420. The molecule has 0 aromatic carbocycles. The SMILES string of the molecule is CCCCC(=O)C(C(=O)O)C(O)(CC(=O)O)C(=O)O. The number of unbranched alkanes of at least 4 members (excludes halogenated alkanes) is 1. The zero-order chi connectivity index (χ0) is 15.2. The van der Waals surface area contributed by atoms with Crippen molar-refractivity contribution in [1.29, 1.82) is 0 Å². The molecule has 8 nitrogen and oxygen atoms in total. The van der Waals surface area contributed by atoms with E-state index < -0.39 is 41.6 Å². The van der Waals surface area contributed by atoms with Crippen LogP contribution in [0.2, 0.25) is 0 Å². The maximum Gasteiger partial charge on any atom is 0.337 e. The third-order valence-electron chi connectivity index (χ3n) is 2.61. The first-order valence-electron chi connectivity index (χ1n) is 5.59. The van der Waals surface area contributed by atoms with Crippen LogP contribution in [0.1, 0.15) is 32.6 Å². The van der Waals surface area contributed by atoms with Crippen molar-refractivity contribution in [1.82, 2.24) is 0 Å². The molecule has 0 fully saturated rings. The van der Waals surface area contributed by atoms with Crippen molar-refractivity contribution in [2.75, 3.05) is 0 Å². The first kappa shape index (κ1) is 17.0. The molecule has 0 amide bonds. The highest BCUT2D eigenvalue weighted by Gasteiger charge is 2.53. The lowest BCUT2D eigenvalue weighted by Gasteiger charge is -2.27. The summed E-state index contributed by atoms with van der Waals surface area (Å²) in [6, 6.07) is 0. The molecule has 0 aromatic rings. The highest BCUT2D eigenvalue weighted by atomic mass is 16.4. The van der Waals surface area contributed by atoms with E-state index >= 15 is 0 Å². The number of hydrogen-bond donors (Lipinski definition) is 4. The third-order valence-corrected chi connectivity index (χ3v) is 2.61. The Labute approximate surface area is 108 Å². The summed E-state index contributed by atoms with van der Waals surface area (Å²) < 4.78 is 0. The lowest BCUT2D eigenvalue weighted by Crippen LogP contribution is -2.53. The molecular formula is C11H16O8. The molecule has 19 heavy (non-hydrogen) atoms. The van der Waals surface area contributed by atoms with Gasteiger partial charge in [-0.05, 0) is 6.42 Å². The standard InChI is InChI=1S/C11H16O8/c1-2-3-4-6(12)8(9(15)16)11(19,10(17)18)5-7(13)14/h8,19H,2-5H2,1H3,(H,13,14)(H,15,16)(H,17,18). The Morgan fingerprint density at radius 1 is 1.11 bits per heavy atom. The van der Waals surface area contributed by atoms with Gasteiger partial charge in [0.05, 0.1) is 6.42 Å². The second kappa shape index (κ2) is 6.83. The lowest BCUT2D eigenvalue weighted by atomic mass is 9.80. The van der Waals surface area contributed by atoms with Gasteiger partial charge in [0, 0.05) is 6.42 Å². The summed E-state index contributed by atoms with van der Waals surface area (Å²) in [5.74, 6) is -8.91. The lowest BCUT2D eigenvalue weighted by molar-refractivity contribution is -0.181. The van der Waals surface area contributed by atoms with Crippen LogP contribution in [-0.4, -0.2) is 49.7 Å². The van der Waals surface area contributed by atoms with E-state index in [-0.39, 0.29) is 6.42 Å². The Morgan fingerprint density at radius 3 is 1.95 bits per heavy atom. The van der Waals surface area contributed by atoms with Crippen molar-refractivity contribution in [2.24, 2.45) is 5.92 Å². The van der Waals surface area contributed by atoms with Crippen LogP contribution in [0.4, 0.5) is 0 Å². The second-order valence-electron chi connectivity index (χ2n) is 4.14. The van der Waals surface area contributed by atoms with E-state index in [1.807, 2.05) is 0 Å². The van der Waals surface area contributed by atoms with E-state index in [1.165, 1.54) is 0 Å². The predicted octanol–water partition coefficient (Wildman–Crippen LogP) is -0.263. The molecule has 0 rings (SSSR count). The molecule has 2 atom stereocenters. The summed E-state index contributed by atoms with van der Waals surface area (Å²) >= 11 is 0. The molecule has 2 unspecified atom stereocenters. The Morgan fingerprint density at radius 2 is 1.63 bits per heavy atom. The van der Waals surface area contributed by atoms with Crippen molar-refractivity contribution in [3.8, 4) is 0 Å². The molecule has 8 heteroatoms. The Kier molecular flexibility index (Phi) is 6.13. The number of hydrogen-bond acceptors (Lipinski definition) is 5. The maximum absolute atomic E-state index is 11.7. The van der Waals surface area contributed by atoms with Crippen molar-refractivity contribution in [3.05, 3.63) is 0 Å². The first-order valence-corrected chi connectivity index (χ1v) is 5.59. The van der Waals surface area contributed by atoms with Crippen molar-refractivity contribution in [2.45, 2.75) is 38.2 Å². The monoisotopic (exact) mass is 276 g/mol. The fraction of sp³-hybridized carbons (Fsp3) is 0.636. The number of carbonyl (C=O) groups excluding carboxylic acids is 1. The normalized spacial score (nSPS) is 15.3. The van der Waals surface area contributed by atoms with Crippen LogP contribution in [-0.2, 0) is 19.2 Å². The first-order chi connectivity index (χ1) is 8.66. The number of aliphatic hydroxyl groups is 1. The molecule has 0 aliphatic carbocycles. The van der Waals surface area contributed by atoms with Gasteiger partial charge in [0.25, 0.3) is 0 Å². The molecule has 0 spiro atoms. The van der Waals surface area contributed by atoms with Crippen LogP contribution in [0, 0.1) is 5.92 Å². The summed E-state index contributed by atoms with van der Waals surface area (Å²) in [5, 5.41) is 36.1. The van der Waals surface area contributed by atoms with Crippen LogP contribution in [0.3, 0.4) is 0 Å². The molecule has 0 heterocycles. The van der Waals surface area contributed by atoms with E-state index in [0.29, 0.717) is 12.8 Å². The van der Waals surface area contributed by atoms with Gasteiger partial charge < -0.3 is 20.4 Å². The highest BCUT2D eigenvalue weighted by Crippen LogP contribution is 2.25. The number of rotatable bonds is 9. The number of ketones is 1. The largest absolute Gasteiger partial charge is 0.481 e. The van der Waals surface area contributed by atoms with E-state index in [4.69, 9.17) is 15.3 Å². The minimum atomic E-state index is -3.15. The number of carboxylic acid groups (broad SMARTS) is 3. The zero-order valence-electron chi connectivity index (χ0n) is 10.3. The van der Waals surface area contributed by atoms with E-state index in [2.05, 4.69) is 0 Å². The molecule has 0 radical (unpaired) electrons. The zero-order valence-corrected chi connectivity index (χ0v) is 10.3. The summed E-state index contributed by atoms with van der Waals surface area (Å²) in [7, 11) is 0. The molecule has 0 saturated carbocycles. The predicted molar refractivity (Wildman–Crippen MR) is 60.5 cm³/mol. The van der Waals surface area contributed by atoms with Crippen molar-refractivity contribution in [3.63, 3.8) is 0 Å². The minimum Gasteiger partial charge on any atom is -0.481 e. The molecule has 0 aliphatic rings. The second-order valence-corrected chi connectivity index (χ2v) is 4.14. The number of Topliss-reactive ketones (excluding diaryl/α,β-unsaturated/α-hetero) is 1. The molecule has 0 bridgehead atoms. The van der Waals surface area contributed by atoms with E-state index in [0.717, 1.165) is 0 Å². The summed E-state index contributed by atoms with van der Waals surface area (Å²) in [6.45, 7) is 1.74. The smallest absolute Gasteiger partial charge is 0.337 e. The van der Waals surface area contributed by atoms with Gasteiger partial charge in [-0.25, -0.2) is 4.79 Å². The average Bonchev–Trinajstić information content (AvgIpc) is 2.24. The molecule has 0 aliphatic heterocycles.